The fourth-order valence-electron chi connectivity index (χ4n) is 2.47. The number of nitrogens with one attached hydrogen (secondary N) is 1. The lowest BCUT2D eigenvalue weighted by Gasteiger charge is -2.08. The summed E-state index contributed by atoms with van der Waals surface area (Å²) in [6, 6.07) is 7.20. The molecule has 0 aliphatic rings. The van der Waals surface area contributed by atoms with Crippen molar-refractivity contribution in [3.8, 4) is 16.8 Å². The summed E-state index contributed by atoms with van der Waals surface area (Å²) >= 11 is 7.86. The molecule has 2 heterocycles. The molecule has 6 nitrogen and oxygen atoms in total. The van der Waals surface area contributed by atoms with E-state index in [0.29, 0.717) is 28.5 Å². The minimum absolute atomic E-state index is 0.0556. The van der Waals surface area contributed by atoms with Crippen LogP contribution in [0.25, 0.3) is 16.3 Å². The lowest BCUT2D eigenvalue weighted by Crippen LogP contribution is -2.28. The number of hydrogen-bond donors (Lipinski definition) is 1. The zero-order chi connectivity index (χ0) is 20.1. The van der Waals surface area contributed by atoms with Gasteiger partial charge in [-0.15, -0.1) is 0 Å². The number of carbonyl (C=O) groups is 1. The van der Waals surface area contributed by atoms with E-state index in [1.165, 1.54) is 18.3 Å². The summed E-state index contributed by atoms with van der Waals surface area (Å²) in [5.41, 5.74) is 1.67. The number of hydrogen-bond acceptors (Lipinski definition) is 6. The van der Waals surface area contributed by atoms with Crippen LogP contribution in [0.3, 0.4) is 0 Å². The second-order valence-electron chi connectivity index (χ2n) is 6.02. The average molecular weight is 418 g/mol. The number of amides is 1. The first-order valence-electron chi connectivity index (χ1n) is 8.77. The standard InChI is InChI=1S/C20H20ClN3O3S/c1-4-26-20-24-15-8-9-16(18(21)19(15)28-20)27-17-10-7-14(11-22-17)6-5-12(2)23-13(3)25/h5-12H,4H2,1-3H3,(H,23,25). The SMILES string of the molecule is CCOc1nc2ccc(Oc3ccc(C=CC(C)NC(C)=O)cn3)c(Cl)c2s1. The number of ether oxygens (including phenoxy) is 2. The molecule has 1 atom stereocenters. The number of carbonyl (C=O) groups excluding carboxylic acids is 1. The Morgan fingerprint density at radius 3 is 2.86 bits per heavy atom. The molecule has 0 aliphatic heterocycles. The van der Waals surface area contributed by atoms with Crippen molar-refractivity contribution in [1.29, 1.82) is 0 Å². The van der Waals surface area contributed by atoms with E-state index in [1.807, 2.05) is 38.1 Å². The van der Waals surface area contributed by atoms with Crippen molar-refractivity contribution in [3.05, 3.63) is 47.1 Å². The number of halogens is 1. The Bertz CT molecular complexity index is 1000. The van der Waals surface area contributed by atoms with Crippen LogP contribution >= 0.6 is 22.9 Å². The molecule has 1 aromatic carbocycles. The van der Waals surface area contributed by atoms with Gasteiger partial charge in [0.2, 0.25) is 11.8 Å². The molecule has 0 saturated carbocycles. The van der Waals surface area contributed by atoms with Crippen LogP contribution < -0.4 is 14.8 Å². The van der Waals surface area contributed by atoms with Gasteiger partial charge in [0.25, 0.3) is 5.19 Å². The van der Waals surface area contributed by atoms with Crippen LogP contribution in [-0.4, -0.2) is 28.5 Å². The van der Waals surface area contributed by atoms with Crippen molar-refractivity contribution >= 4 is 45.1 Å². The summed E-state index contributed by atoms with van der Waals surface area (Å²) < 4.78 is 12.1. The summed E-state index contributed by atoms with van der Waals surface area (Å²) in [5, 5.41) is 3.85. The number of thiazole rings is 1. The van der Waals surface area contributed by atoms with Gasteiger partial charge < -0.3 is 14.8 Å². The molecule has 1 unspecified atom stereocenters. The molecule has 0 saturated heterocycles. The van der Waals surface area contributed by atoms with E-state index in [2.05, 4.69) is 15.3 Å². The lowest BCUT2D eigenvalue weighted by atomic mass is 10.2. The van der Waals surface area contributed by atoms with Gasteiger partial charge in [-0.1, -0.05) is 35.1 Å². The molecule has 1 N–H and O–H groups in total. The zero-order valence-corrected chi connectivity index (χ0v) is 17.3. The maximum absolute atomic E-state index is 11.0. The van der Waals surface area contributed by atoms with Crippen LogP contribution in [0.4, 0.5) is 0 Å². The first-order chi connectivity index (χ1) is 13.5. The van der Waals surface area contributed by atoms with Crippen LogP contribution in [0.2, 0.25) is 5.02 Å². The molecular weight excluding hydrogens is 398 g/mol. The third-order valence-electron chi connectivity index (χ3n) is 3.69. The Balaban J connectivity index is 1.72. The molecule has 3 aromatic rings. The van der Waals surface area contributed by atoms with Crippen LogP contribution in [0.1, 0.15) is 26.3 Å². The van der Waals surface area contributed by atoms with Gasteiger partial charge in [0, 0.05) is 25.2 Å². The minimum Gasteiger partial charge on any atom is -0.470 e. The molecular formula is C20H20ClN3O3S. The molecule has 28 heavy (non-hydrogen) atoms. The van der Waals surface area contributed by atoms with Gasteiger partial charge in [-0.25, -0.2) is 9.97 Å². The number of nitrogens with zero attached hydrogens (tertiary/aromatic N) is 2. The number of aromatic nitrogens is 2. The van der Waals surface area contributed by atoms with Gasteiger partial charge in [-0.05, 0) is 37.6 Å². The van der Waals surface area contributed by atoms with E-state index in [9.17, 15) is 4.79 Å². The van der Waals surface area contributed by atoms with Gasteiger partial charge in [0.1, 0.15) is 10.8 Å². The summed E-state index contributed by atoms with van der Waals surface area (Å²) in [5.74, 6) is 0.876. The molecule has 146 valence electrons. The van der Waals surface area contributed by atoms with Crippen LogP contribution in [0, 0.1) is 0 Å². The maximum atomic E-state index is 11.0. The molecule has 0 fully saturated rings. The summed E-state index contributed by atoms with van der Waals surface area (Å²) in [4.78, 5) is 19.7. The smallest absolute Gasteiger partial charge is 0.274 e. The van der Waals surface area contributed by atoms with E-state index in [1.54, 1.807) is 18.3 Å². The van der Waals surface area contributed by atoms with Gasteiger partial charge in [-0.2, -0.15) is 0 Å². The Morgan fingerprint density at radius 1 is 1.36 bits per heavy atom. The Hall–Kier alpha value is -2.64. The highest BCUT2D eigenvalue weighted by Gasteiger charge is 2.13. The first-order valence-corrected chi connectivity index (χ1v) is 9.96. The number of pyridine rings is 1. The summed E-state index contributed by atoms with van der Waals surface area (Å²) in [7, 11) is 0. The number of benzene rings is 1. The fourth-order valence-corrected chi connectivity index (χ4v) is 3.69. The first kappa shape index (κ1) is 20.1. The van der Waals surface area contributed by atoms with Crippen molar-refractivity contribution in [2.45, 2.75) is 26.8 Å². The van der Waals surface area contributed by atoms with Crippen LogP contribution in [-0.2, 0) is 4.79 Å². The van der Waals surface area contributed by atoms with Crippen molar-refractivity contribution in [2.75, 3.05) is 6.61 Å². The fraction of sp³-hybridized carbons (Fsp3) is 0.250. The van der Waals surface area contributed by atoms with Gasteiger partial charge in [0.15, 0.2) is 0 Å². The van der Waals surface area contributed by atoms with Gasteiger partial charge >= 0.3 is 0 Å². The van der Waals surface area contributed by atoms with Crippen molar-refractivity contribution < 1.29 is 14.3 Å². The molecule has 8 heteroatoms. The molecule has 0 radical (unpaired) electrons. The van der Waals surface area contributed by atoms with Crippen molar-refractivity contribution in [3.63, 3.8) is 0 Å². The predicted octanol–water partition coefficient (Wildman–Crippen LogP) is 5.07. The van der Waals surface area contributed by atoms with Gasteiger partial charge in [-0.3, -0.25) is 4.79 Å². The monoisotopic (exact) mass is 417 g/mol. The van der Waals surface area contributed by atoms with E-state index in [4.69, 9.17) is 21.1 Å². The van der Waals surface area contributed by atoms with Crippen LogP contribution in [0.5, 0.6) is 16.8 Å². The molecule has 1 amide bonds. The topological polar surface area (TPSA) is 73.3 Å². The third-order valence-corrected chi connectivity index (χ3v) is 5.18. The molecule has 0 spiro atoms. The summed E-state index contributed by atoms with van der Waals surface area (Å²) in [6.07, 6.45) is 5.48. The van der Waals surface area contributed by atoms with Crippen molar-refractivity contribution in [1.82, 2.24) is 15.3 Å². The summed E-state index contributed by atoms with van der Waals surface area (Å²) in [6.45, 7) is 5.85. The van der Waals surface area contributed by atoms with Gasteiger partial charge in [0.05, 0.1) is 16.8 Å². The highest BCUT2D eigenvalue weighted by molar-refractivity contribution is 7.20. The molecule has 0 bridgehead atoms. The second kappa shape index (κ2) is 9.03. The minimum atomic E-state index is -0.0674. The zero-order valence-electron chi connectivity index (χ0n) is 15.7. The average Bonchev–Trinajstić information content (AvgIpc) is 3.07. The Labute approximate surface area is 172 Å². The quantitative estimate of drug-likeness (QED) is 0.580. The largest absolute Gasteiger partial charge is 0.470 e. The van der Waals surface area contributed by atoms with Crippen LogP contribution in [0.15, 0.2) is 36.5 Å². The lowest BCUT2D eigenvalue weighted by molar-refractivity contribution is -0.119. The van der Waals surface area contributed by atoms with E-state index in [0.717, 1.165) is 15.8 Å². The Kier molecular flexibility index (Phi) is 6.49. The molecule has 3 rings (SSSR count). The third kappa shape index (κ3) is 4.99. The second-order valence-corrected chi connectivity index (χ2v) is 7.36. The maximum Gasteiger partial charge on any atom is 0.274 e. The van der Waals surface area contributed by atoms with E-state index < -0.39 is 0 Å². The number of fused-ring (bicyclic) bond motifs is 1. The van der Waals surface area contributed by atoms with E-state index >= 15 is 0 Å². The highest BCUT2D eigenvalue weighted by atomic mass is 35.5. The Morgan fingerprint density at radius 2 is 2.18 bits per heavy atom. The predicted molar refractivity (Wildman–Crippen MR) is 112 cm³/mol. The molecule has 2 aromatic heterocycles. The van der Waals surface area contributed by atoms with E-state index in [-0.39, 0.29) is 11.9 Å². The normalized spacial score (nSPS) is 12.3. The number of rotatable bonds is 7. The molecule has 0 aliphatic carbocycles. The highest BCUT2D eigenvalue weighted by Crippen LogP contribution is 2.40. The van der Waals surface area contributed by atoms with Crippen molar-refractivity contribution in [2.24, 2.45) is 0 Å².